The Morgan fingerprint density at radius 3 is 2.50 bits per heavy atom. The van der Waals surface area contributed by atoms with E-state index >= 15 is 0 Å². The number of ether oxygens (including phenoxy) is 1. The van der Waals surface area contributed by atoms with Crippen molar-refractivity contribution in [1.82, 2.24) is 0 Å². The SMILES string of the molecule is CCOC(=O)C1(C#N)CC(c2ccccc2)C2c3ccccc3C21. The van der Waals surface area contributed by atoms with Gasteiger partial charge >= 0.3 is 5.97 Å². The molecule has 0 aliphatic heterocycles. The van der Waals surface area contributed by atoms with Crippen LogP contribution in [-0.2, 0) is 9.53 Å². The Morgan fingerprint density at radius 1 is 1.17 bits per heavy atom. The first-order chi connectivity index (χ1) is 11.7. The molecule has 4 rings (SSSR count). The Kier molecular flexibility index (Phi) is 3.42. The van der Waals surface area contributed by atoms with Gasteiger partial charge in [-0.15, -0.1) is 0 Å². The molecule has 0 radical (unpaired) electrons. The number of carbonyl (C=O) groups excluding carboxylic acids is 1. The summed E-state index contributed by atoms with van der Waals surface area (Å²) in [6, 6.07) is 20.8. The number of esters is 1. The lowest BCUT2D eigenvalue weighted by atomic mass is 9.60. The summed E-state index contributed by atoms with van der Waals surface area (Å²) in [4.78, 5) is 12.7. The third-order valence-corrected chi connectivity index (χ3v) is 5.62. The van der Waals surface area contributed by atoms with Gasteiger partial charge in [-0.1, -0.05) is 54.6 Å². The number of nitrogens with zero attached hydrogens (tertiary/aromatic N) is 1. The van der Waals surface area contributed by atoms with Crippen LogP contribution in [0.3, 0.4) is 0 Å². The van der Waals surface area contributed by atoms with Gasteiger partial charge in [-0.2, -0.15) is 5.26 Å². The Hall–Kier alpha value is -2.60. The quantitative estimate of drug-likeness (QED) is 0.800. The molecule has 24 heavy (non-hydrogen) atoms. The van der Waals surface area contributed by atoms with Crippen molar-refractivity contribution in [1.29, 1.82) is 5.26 Å². The van der Waals surface area contributed by atoms with Gasteiger partial charge in [-0.25, -0.2) is 0 Å². The van der Waals surface area contributed by atoms with Crippen molar-refractivity contribution in [3.05, 3.63) is 71.3 Å². The van der Waals surface area contributed by atoms with Crippen molar-refractivity contribution < 1.29 is 9.53 Å². The van der Waals surface area contributed by atoms with E-state index in [1.54, 1.807) is 6.92 Å². The summed E-state index contributed by atoms with van der Waals surface area (Å²) >= 11 is 0. The van der Waals surface area contributed by atoms with Gasteiger partial charge in [0, 0.05) is 11.8 Å². The summed E-state index contributed by atoms with van der Waals surface area (Å²) in [6.45, 7) is 2.09. The number of fused-ring (bicyclic) bond motifs is 4. The van der Waals surface area contributed by atoms with E-state index in [1.807, 2.05) is 30.3 Å². The average molecular weight is 317 g/mol. The third-order valence-electron chi connectivity index (χ3n) is 5.62. The van der Waals surface area contributed by atoms with Crippen LogP contribution in [0, 0.1) is 16.7 Å². The first-order valence-corrected chi connectivity index (χ1v) is 8.45. The lowest BCUT2D eigenvalue weighted by molar-refractivity contribution is -0.152. The van der Waals surface area contributed by atoms with Crippen LogP contribution in [0.2, 0.25) is 0 Å². The summed E-state index contributed by atoms with van der Waals surface area (Å²) in [5.41, 5.74) is 2.53. The zero-order valence-electron chi connectivity index (χ0n) is 13.6. The number of benzene rings is 2. The molecule has 0 bridgehead atoms. The maximum absolute atomic E-state index is 12.7. The maximum Gasteiger partial charge on any atom is 0.327 e. The summed E-state index contributed by atoms with van der Waals surface area (Å²) in [5, 5.41) is 9.98. The summed E-state index contributed by atoms with van der Waals surface area (Å²) in [7, 11) is 0. The largest absolute Gasteiger partial charge is 0.465 e. The zero-order chi connectivity index (χ0) is 16.7. The van der Waals surface area contributed by atoms with Crippen molar-refractivity contribution in [2.24, 2.45) is 5.41 Å². The molecule has 1 saturated carbocycles. The molecule has 4 atom stereocenters. The van der Waals surface area contributed by atoms with E-state index in [0.29, 0.717) is 13.0 Å². The van der Waals surface area contributed by atoms with Gasteiger partial charge in [0.1, 0.15) is 0 Å². The van der Waals surface area contributed by atoms with Crippen molar-refractivity contribution in [3.8, 4) is 6.07 Å². The normalized spacial score (nSPS) is 29.8. The van der Waals surface area contributed by atoms with Crippen molar-refractivity contribution in [2.45, 2.75) is 31.1 Å². The van der Waals surface area contributed by atoms with Crippen molar-refractivity contribution in [2.75, 3.05) is 6.61 Å². The Bertz CT molecular complexity index is 823. The molecule has 0 aromatic heterocycles. The molecule has 2 aliphatic carbocycles. The van der Waals surface area contributed by atoms with E-state index in [4.69, 9.17) is 4.74 Å². The second-order valence-corrected chi connectivity index (χ2v) is 6.66. The standard InChI is InChI=1S/C21H19NO2/c1-2-24-20(23)21(13-22)12-17(14-8-4-3-5-9-14)18-15-10-6-7-11-16(15)19(18)21/h3-11,17-19H,2,12H2,1H3. The molecule has 4 unspecified atom stereocenters. The highest BCUT2D eigenvalue weighted by molar-refractivity contribution is 5.84. The maximum atomic E-state index is 12.7. The highest BCUT2D eigenvalue weighted by Crippen LogP contribution is 2.69. The predicted octanol–water partition coefficient (Wildman–Crippen LogP) is 4.13. The lowest BCUT2D eigenvalue weighted by Crippen LogP contribution is -2.39. The first kappa shape index (κ1) is 15.0. The van der Waals surface area contributed by atoms with Gasteiger partial charge in [0.25, 0.3) is 0 Å². The molecule has 3 nitrogen and oxygen atoms in total. The van der Waals surface area contributed by atoms with Gasteiger partial charge < -0.3 is 4.74 Å². The van der Waals surface area contributed by atoms with E-state index in [1.165, 1.54) is 11.1 Å². The minimum absolute atomic E-state index is 0.0667. The molecule has 1 fully saturated rings. The van der Waals surface area contributed by atoms with Gasteiger partial charge in [-0.3, -0.25) is 4.79 Å². The Balaban J connectivity index is 1.84. The van der Waals surface area contributed by atoms with E-state index in [9.17, 15) is 10.1 Å². The van der Waals surface area contributed by atoms with Gasteiger partial charge in [0.05, 0.1) is 12.7 Å². The fraction of sp³-hybridized carbons (Fsp3) is 0.333. The minimum atomic E-state index is -1.07. The molecule has 2 aromatic rings. The minimum Gasteiger partial charge on any atom is -0.465 e. The fourth-order valence-electron chi connectivity index (χ4n) is 4.65. The third kappa shape index (κ3) is 1.86. The molecule has 120 valence electrons. The molecule has 2 aliphatic rings. The number of hydrogen-bond donors (Lipinski definition) is 0. The molecule has 0 saturated heterocycles. The number of carbonyl (C=O) groups is 1. The Morgan fingerprint density at radius 2 is 1.83 bits per heavy atom. The van der Waals surface area contributed by atoms with Crippen LogP contribution >= 0.6 is 0 Å². The van der Waals surface area contributed by atoms with E-state index in [-0.39, 0.29) is 23.7 Å². The van der Waals surface area contributed by atoms with E-state index < -0.39 is 5.41 Å². The van der Waals surface area contributed by atoms with Crippen molar-refractivity contribution >= 4 is 5.97 Å². The van der Waals surface area contributed by atoms with Gasteiger partial charge in [0.15, 0.2) is 5.41 Å². The number of nitriles is 1. The second-order valence-electron chi connectivity index (χ2n) is 6.66. The number of hydrogen-bond acceptors (Lipinski definition) is 3. The summed E-state index contributed by atoms with van der Waals surface area (Å²) in [6.07, 6.45) is 0.524. The van der Waals surface area contributed by atoms with Gasteiger partial charge in [-0.05, 0) is 36.0 Å². The van der Waals surface area contributed by atoms with Crippen molar-refractivity contribution in [3.63, 3.8) is 0 Å². The van der Waals surface area contributed by atoms with E-state index in [0.717, 1.165) is 5.56 Å². The first-order valence-electron chi connectivity index (χ1n) is 8.45. The van der Waals surface area contributed by atoms with Gasteiger partial charge in [0.2, 0.25) is 0 Å². The molecular formula is C21H19NO2. The predicted molar refractivity (Wildman–Crippen MR) is 90.4 cm³/mol. The highest BCUT2D eigenvalue weighted by Gasteiger charge is 2.65. The lowest BCUT2D eigenvalue weighted by Gasteiger charge is -2.41. The topological polar surface area (TPSA) is 50.1 Å². The van der Waals surface area contributed by atoms with Crippen LogP contribution in [0.15, 0.2) is 54.6 Å². The summed E-state index contributed by atoms with van der Waals surface area (Å²) in [5.74, 6) is -0.0406. The molecule has 0 spiro atoms. The van der Waals surface area contributed by atoms with Crippen LogP contribution in [0.1, 0.15) is 47.8 Å². The molecule has 3 heteroatoms. The number of rotatable bonds is 3. The Labute approximate surface area is 141 Å². The molecule has 0 heterocycles. The smallest absolute Gasteiger partial charge is 0.327 e. The highest BCUT2D eigenvalue weighted by atomic mass is 16.5. The monoisotopic (exact) mass is 317 g/mol. The van der Waals surface area contributed by atoms with Crippen LogP contribution in [0.25, 0.3) is 0 Å². The zero-order valence-corrected chi connectivity index (χ0v) is 13.6. The van der Waals surface area contributed by atoms with Crippen LogP contribution in [0.4, 0.5) is 0 Å². The summed E-state index contributed by atoms with van der Waals surface area (Å²) < 4.78 is 5.31. The fourth-order valence-corrected chi connectivity index (χ4v) is 4.65. The molecular weight excluding hydrogens is 298 g/mol. The molecule has 2 aromatic carbocycles. The molecule has 0 N–H and O–H groups in total. The average Bonchev–Trinajstić information content (AvgIpc) is 2.92. The van der Waals surface area contributed by atoms with Crippen LogP contribution in [-0.4, -0.2) is 12.6 Å². The molecule has 0 amide bonds. The van der Waals surface area contributed by atoms with Crippen LogP contribution < -0.4 is 0 Å². The van der Waals surface area contributed by atoms with E-state index in [2.05, 4.69) is 30.3 Å². The second kappa shape index (κ2) is 5.49. The van der Waals surface area contributed by atoms with Crippen LogP contribution in [0.5, 0.6) is 0 Å².